The Kier molecular flexibility index (Phi) is 6.90. The molecule has 0 saturated carbocycles. The van der Waals surface area contributed by atoms with Crippen molar-refractivity contribution < 1.29 is 18.7 Å². The van der Waals surface area contributed by atoms with E-state index in [1.54, 1.807) is 12.1 Å². The normalized spacial score (nSPS) is 14.9. The lowest BCUT2D eigenvalue weighted by Gasteiger charge is -2.26. The zero-order chi connectivity index (χ0) is 19.1. The molecule has 0 radical (unpaired) electrons. The first-order valence-corrected chi connectivity index (χ1v) is 9.48. The van der Waals surface area contributed by atoms with E-state index in [0.29, 0.717) is 24.7 Å². The topological polar surface area (TPSA) is 63.9 Å². The van der Waals surface area contributed by atoms with Crippen LogP contribution in [-0.2, 0) is 11.3 Å². The molecule has 1 aliphatic heterocycles. The largest absolute Gasteiger partial charge is 0.486 e. The molecular weight excluding hydrogens is 344 g/mol. The van der Waals surface area contributed by atoms with E-state index in [4.69, 9.17) is 13.9 Å². The van der Waals surface area contributed by atoms with E-state index >= 15 is 0 Å². The van der Waals surface area contributed by atoms with Crippen LogP contribution in [0, 0.1) is 13.8 Å². The van der Waals surface area contributed by atoms with Crippen molar-refractivity contribution in [3.63, 3.8) is 0 Å². The van der Waals surface area contributed by atoms with Crippen LogP contribution in [0.2, 0.25) is 0 Å². The lowest BCUT2D eigenvalue weighted by Crippen LogP contribution is -2.38. The fourth-order valence-corrected chi connectivity index (χ4v) is 3.16. The number of morpholine rings is 1. The molecule has 1 amide bonds. The number of rotatable bonds is 8. The van der Waals surface area contributed by atoms with Crippen molar-refractivity contribution in [3.05, 3.63) is 53.0 Å². The first-order valence-electron chi connectivity index (χ1n) is 9.48. The third-order valence-electron chi connectivity index (χ3n) is 4.50. The lowest BCUT2D eigenvalue weighted by atomic mass is 10.1. The van der Waals surface area contributed by atoms with Crippen LogP contribution in [0.1, 0.15) is 33.9 Å². The van der Waals surface area contributed by atoms with Crippen molar-refractivity contribution in [2.45, 2.75) is 26.9 Å². The smallest absolute Gasteiger partial charge is 0.286 e. The van der Waals surface area contributed by atoms with E-state index in [2.05, 4.69) is 16.3 Å². The number of carbonyl (C=O) groups excluding carboxylic acids is 1. The van der Waals surface area contributed by atoms with Gasteiger partial charge in [0, 0.05) is 19.6 Å². The summed E-state index contributed by atoms with van der Waals surface area (Å²) in [5.41, 5.74) is 2.31. The van der Waals surface area contributed by atoms with Gasteiger partial charge < -0.3 is 19.2 Å². The van der Waals surface area contributed by atoms with E-state index in [-0.39, 0.29) is 5.91 Å². The number of aryl methyl sites for hydroxylation is 2. The predicted molar refractivity (Wildman–Crippen MR) is 103 cm³/mol. The summed E-state index contributed by atoms with van der Waals surface area (Å²) < 4.78 is 16.7. The quantitative estimate of drug-likeness (QED) is 0.722. The molecule has 2 heterocycles. The monoisotopic (exact) mass is 372 g/mol. The van der Waals surface area contributed by atoms with E-state index in [9.17, 15) is 4.79 Å². The highest BCUT2D eigenvalue weighted by molar-refractivity contribution is 5.91. The highest BCUT2D eigenvalue weighted by atomic mass is 16.5. The number of amides is 1. The summed E-state index contributed by atoms with van der Waals surface area (Å²) in [5.74, 6) is 1.57. The molecule has 0 atom stereocenters. The van der Waals surface area contributed by atoms with Crippen molar-refractivity contribution in [1.82, 2.24) is 10.2 Å². The molecule has 1 aromatic carbocycles. The maximum Gasteiger partial charge on any atom is 0.286 e. The first kappa shape index (κ1) is 19.5. The highest BCUT2D eigenvalue weighted by Gasteiger charge is 2.13. The van der Waals surface area contributed by atoms with Crippen LogP contribution < -0.4 is 10.1 Å². The first-order chi connectivity index (χ1) is 13.1. The standard InChI is InChI=1S/C21H28N2O4/c1-16-12-17(2)14-19(13-16)26-15-18-4-5-20(27-18)21(24)22-6-3-7-23-8-10-25-11-9-23/h4-5,12-14H,3,6-11,15H2,1-2H3,(H,22,24). The maximum atomic E-state index is 12.2. The van der Waals surface area contributed by atoms with E-state index in [1.807, 2.05) is 26.0 Å². The molecule has 1 fully saturated rings. The van der Waals surface area contributed by atoms with Crippen molar-refractivity contribution >= 4 is 5.91 Å². The number of furan rings is 1. The van der Waals surface area contributed by atoms with Gasteiger partial charge in [0.15, 0.2) is 5.76 Å². The zero-order valence-electron chi connectivity index (χ0n) is 16.1. The zero-order valence-corrected chi connectivity index (χ0v) is 16.1. The van der Waals surface area contributed by atoms with Crippen LogP contribution in [-0.4, -0.2) is 50.2 Å². The van der Waals surface area contributed by atoms with E-state index in [1.165, 1.54) is 0 Å². The average Bonchev–Trinajstić information content (AvgIpc) is 3.13. The Morgan fingerprint density at radius 1 is 1.15 bits per heavy atom. The Morgan fingerprint density at radius 2 is 1.89 bits per heavy atom. The number of carbonyl (C=O) groups is 1. The van der Waals surface area contributed by atoms with Crippen LogP contribution in [0.25, 0.3) is 0 Å². The lowest BCUT2D eigenvalue weighted by molar-refractivity contribution is 0.0374. The number of ether oxygens (including phenoxy) is 2. The summed E-state index contributed by atoms with van der Waals surface area (Å²) in [4.78, 5) is 14.5. The van der Waals surface area contributed by atoms with E-state index in [0.717, 1.165) is 56.1 Å². The van der Waals surface area contributed by atoms with Gasteiger partial charge in [-0.2, -0.15) is 0 Å². The second-order valence-corrected chi connectivity index (χ2v) is 6.94. The number of nitrogens with zero attached hydrogens (tertiary/aromatic N) is 1. The Bertz CT molecular complexity index is 730. The van der Waals surface area contributed by atoms with Gasteiger partial charge in [-0.25, -0.2) is 0 Å². The van der Waals surface area contributed by atoms with Gasteiger partial charge in [0.1, 0.15) is 18.1 Å². The number of hydrogen-bond donors (Lipinski definition) is 1. The van der Waals surface area contributed by atoms with Crippen LogP contribution in [0.3, 0.4) is 0 Å². The maximum absolute atomic E-state index is 12.2. The molecule has 0 spiro atoms. The molecule has 2 aromatic rings. The van der Waals surface area contributed by atoms with Gasteiger partial charge in [-0.3, -0.25) is 9.69 Å². The summed E-state index contributed by atoms with van der Waals surface area (Å²) in [5, 5.41) is 2.91. The van der Waals surface area contributed by atoms with Crippen molar-refractivity contribution in [1.29, 1.82) is 0 Å². The second-order valence-electron chi connectivity index (χ2n) is 6.94. The summed E-state index contributed by atoms with van der Waals surface area (Å²) in [7, 11) is 0. The fraction of sp³-hybridized carbons (Fsp3) is 0.476. The Labute approximate surface area is 160 Å². The van der Waals surface area contributed by atoms with Crippen LogP contribution in [0.4, 0.5) is 0 Å². The van der Waals surface area contributed by atoms with Gasteiger partial charge in [-0.05, 0) is 62.2 Å². The van der Waals surface area contributed by atoms with Crippen LogP contribution in [0.15, 0.2) is 34.7 Å². The highest BCUT2D eigenvalue weighted by Crippen LogP contribution is 2.18. The minimum absolute atomic E-state index is 0.186. The van der Waals surface area contributed by atoms with Crippen molar-refractivity contribution in [2.24, 2.45) is 0 Å². The molecule has 146 valence electrons. The third kappa shape index (κ3) is 6.12. The molecule has 27 heavy (non-hydrogen) atoms. The summed E-state index contributed by atoms with van der Waals surface area (Å²) >= 11 is 0. The molecule has 1 saturated heterocycles. The fourth-order valence-electron chi connectivity index (χ4n) is 3.16. The summed E-state index contributed by atoms with van der Waals surface area (Å²) in [6.45, 7) is 9.50. The molecule has 1 aliphatic rings. The van der Waals surface area contributed by atoms with Gasteiger partial charge in [-0.1, -0.05) is 6.07 Å². The second kappa shape index (κ2) is 9.58. The molecule has 6 nitrogen and oxygen atoms in total. The number of hydrogen-bond acceptors (Lipinski definition) is 5. The SMILES string of the molecule is Cc1cc(C)cc(OCc2ccc(C(=O)NCCCN3CCOCC3)o2)c1. The molecule has 3 rings (SSSR count). The van der Waals surface area contributed by atoms with Crippen molar-refractivity contribution in [3.8, 4) is 5.75 Å². The summed E-state index contributed by atoms with van der Waals surface area (Å²) in [6.07, 6.45) is 0.912. The minimum Gasteiger partial charge on any atom is -0.486 e. The van der Waals surface area contributed by atoms with Crippen LogP contribution >= 0.6 is 0 Å². The average molecular weight is 372 g/mol. The van der Waals surface area contributed by atoms with Gasteiger partial charge in [-0.15, -0.1) is 0 Å². The third-order valence-corrected chi connectivity index (χ3v) is 4.50. The number of nitrogens with one attached hydrogen (secondary N) is 1. The Balaban J connectivity index is 1.40. The summed E-state index contributed by atoms with van der Waals surface area (Å²) in [6, 6.07) is 9.54. The predicted octanol–water partition coefficient (Wildman–Crippen LogP) is 2.93. The molecule has 6 heteroatoms. The van der Waals surface area contributed by atoms with Gasteiger partial charge in [0.2, 0.25) is 0 Å². The van der Waals surface area contributed by atoms with Gasteiger partial charge in [0.25, 0.3) is 5.91 Å². The Morgan fingerprint density at radius 3 is 2.63 bits per heavy atom. The molecule has 0 bridgehead atoms. The minimum atomic E-state index is -0.186. The van der Waals surface area contributed by atoms with Gasteiger partial charge in [0.05, 0.1) is 13.2 Å². The number of benzene rings is 1. The molecular formula is C21H28N2O4. The van der Waals surface area contributed by atoms with E-state index < -0.39 is 0 Å². The molecule has 0 unspecified atom stereocenters. The van der Waals surface area contributed by atoms with Gasteiger partial charge >= 0.3 is 0 Å². The molecule has 1 aromatic heterocycles. The molecule has 1 N–H and O–H groups in total. The molecule has 0 aliphatic carbocycles. The van der Waals surface area contributed by atoms with Crippen LogP contribution in [0.5, 0.6) is 5.75 Å². The van der Waals surface area contributed by atoms with Crippen molar-refractivity contribution in [2.75, 3.05) is 39.4 Å². The Hall–Kier alpha value is -2.31.